The molecule has 0 spiro atoms. The molecule has 3 aliphatic rings. The zero-order valence-electron chi connectivity index (χ0n) is 18.7. The molecule has 3 heterocycles. The largest absolute Gasteiger partial charge is 0.474 e. The van der Waals surface area contributed by atoms with Gasteiger partial charge in [0.2, 0.25) is 5.88 Å². The van der Waals surface area contributed by atoms with Crippen LogP contribution in [0.25, 0.3) is 0 Å². The van der Waals surface area contributed by atoms with Crippen LogP contribution in [0.3, 0.4) is 0 Å². The normalized spacial score (nSPS) is 20.4. The summed E-state index contributed by atoms with van der Waals surface area (Å²) in [5.41, 5.74) is 3.32. The van der Waals surface area contributed by atoms with Gasteiger partial charge >= 0.3 is 0 Å². The fourth-order valence-electron chi connectivity index (χ4n) is 4.53. The summed E-state index contributed by atoms with van der Waals surface area (Å²) in [5.74, 6) is -1.68. The Morgan fingerprint density at radius 2 is 2.00 bits per heavy atom. The molecule has 0 atom stereocenters. The Bertz CT molecular complexity index is 1230. The van der Waals surface area contributed by atoms with E-state index in [1.54, 1.807) is 6.07 Å². The maximum Gasteiger partial charge on any atom is 0.255 e. The van der Waals surface area contributed by atoms with Gasteiger partial charge in [0.25, 0.3) is 5.92 Å². The second kappa shape index (κ2) is 8.33. The summed E-state index contributed by atoms with van der Waals surface area (Å²) in [6, 6.07) is 8.12. The average molecular weight is 485 g/mol. The van der Waals surface area contributed by atoms with Gasteiger partial charge in [-0.1, -0.05) is 17.7 Å². The van der Waals surface area contributed by atoms with Crippen LogP contribution in [-0.2, 0) is 19.5 Å². The fourth-order valence-corrected chi connectivity index (χ4v) is 4.77. The number of aryl methyl sites for hydroxylation is 1. The molecule has 1 aliphatic heterocycles. The lowest BCUT2D eigenvalue weighted by atomic mass is 9.91. The molecule has 176 valence electrons. The lowest BCUT2D eigenvalue weighted by molar-refractivity contribution is -0.135. The zero-order chi connectivity index (χ0) is 24.1. The third-order valence-electron chi connectivity index (χ3n) is 6.77. The maximum absolute atomic E-state index is 13.1. The molecule has 0 amide bonds. The third kappa shape index (κ3) is 4.38. The lowest BCUT2D eigenvalue weighted by Crippen LogP contribution is -2.43. The van der Waals surface area contributed by atoms with Gasteiger partial charge in [0.05, 0.1) is 11.6 Å². The number of aromatic nitrogens is 2. The van der Waals surface area contributed by atoms with Gasteiger partial charge in [-0.3, -0.25) is 4.90 Å². The quantitative estimate of drug-likeness (QED) is 0.602. The van der Waals surface area contributed by atoms with Gasteiger partial charge in [-0.15, -0.1) is 0 Å². The SMILES string of the molecule is Cc1nc(OC2CC(F)(F)C2)ccc1CN1CCc2c(NC3(C#N)CC3)nc(Cl)c(C#N)c2C1. The molecule has 0 radical (unpaired) electrons. The van der Waals surface area contributed by atoms with Crippen LogP contribution in [0.4, 0.5) is 14.6 Å². The number of ether oxygens (including phenoxy) is 1. The number of anilines is 1. The van der Waals surface area contributed by atoms with Gasteiger partial charge in [0.15, 0.2) is 0 Å². The van der Waals surface area contributed by atoms with Crippen LogP contribution in [0.5, 0.6) is 5.88 Å². The van der Waals surface area contributed by atoms with Crippen molar-refractivity contribution in [2.45, 2.75) is 69.7 Å². The molecule has 2 fully saturated rings. The minimum Gasteiger partial charge on any atom is -0.474 e. The van der Waals surface area contributed by atoms with Gasteiger partial charge in [-0.25, -0.2) is 18.7 Å². The first kappa shape index (κ1) is 22.8. The van der Waals surface area contributed by atoms with E-state index in [1.807, 2.05) is 13.0 Å². The highest BCUT2D eigenvalue weighted by Gasteiger charge is 2.47. The van der Waals surface area contributed by atoms with Gasteiger partial charge in [-0.2, -0.15) is 10.5 Å². The van der Waals surface area contributed by atoms with Gasteiger partial charge < -0.3 is 10.1 Å². The second-order valence-corrected chi connectivity index (χ2v) is 9.73. The summed E-state index contributed by atoms with van der Waals surface area (Å²) in [7, 11) is 0. The van der Waals surface area contributed by atoms with Crippen molar-refractivity contribution >= 4 is 17.4 Å². The van der Waals surface area contributed by atoms with Crippen LogP contribution in [0.1, 0.15) is 53.6 Å². The van der Waals surface area contributed by atoms with Crippen LogP contribution in [0.15, 0.2) is 12.1 Å². The average Bonchev–Trinajstić information content (AvgIpc) is 3.54. The van der Waals surface area contributed by atoms with Crippen LogP contribution >= 0.6 is 11.6 Å². The molecule has 2 saturated carbocycles. The van der Waals surface area contributed by atoms with Crippen molar-refractivity contribution in [3.63, 3.8) is 0 Å². The highest BCUT2D eigenvalue weighted by molar-refractivity contribution is 6.30. The first-order chi connectivity index (χ1) is 16.2. The Morgan fingerprint density at radius 1 is 1.24 bits per heavy atom. The van der Waals surface area contributed by atoms with Crippen LogP contribution < -0.4 is 10.1 Å². The van der Waals surface area contributed by atoms with E-state index in [0.29, 0.717) is 36.8 Å². The third-order valence-corrected chi connectivity index (χ3v) is 7.04. The molecule has 5 rings (SSSR count). The Hall–Kier alpha value is -3.01. The number of pyridine rings is 2. The summed E-state index contributed by atoms with van der Waals surface area (Å²) in [5, 5.41) is 22.5. The highest BCUT2D eigenvalue weighted by Crippen LogP contribution is 2.41. The number of rotatable bonds is 6. The van der Waals surface area contributed by atoms with Gasteiger partial charge in [-0.05, 0) is 37.3 Å². The summed E-state index contributed by atoms with van der Waals surface area (Å²) in [4.78, 5) is 11.1. The minimum atomic E-state index is -2.63. The molecule has 1 N–H and O–H groups in total. The van der Waals surface area contributed by atoms with E-state index in [4.69, 9.17) is 16.3 Å². The van der Waals surface area contributed by atoms with Gasteiger partial charge in [0.1, 0.15) is 28.7 Å². The number of nitriles is 2. The monoisotopic (exact) mass is 484 g/mol. The van der Waals surface area contributed by atoms with E-state index in [2.05, 4.69) is 32.3 Å². The maximum atomic E-state index is 13.1. The standard InChI is InChI=1S/C24H23ClF2N6O/c1-14-15(2-3-20(30-14)34-16-8-24(26,27)9-16)11-33-7-4-17-19(12-33)18(10-28)21(25)31-22(17)32-23(13-29)5-6-23/h2-3,16H,4-9,11-12H2,1H3,(H,31,32). The van der Waals surface area contributed by atoms with E-state index < -0.39 is 17.6 Å². The molecule has 2 aromatic rings. The van der Waals surface area contributed by atoms with Crippen molar-refractivity contribution in [3.05, 3.63) is 45.2 Å². The summed E-state index contributed by atoms with van der Waals surface area (Å²) < 4.78 is 31.7. The van der Waals surface area contributed by atoms with E-state index in [9.17, 15) is 19.3 Å². The highest BCUT2D eigenvalue weighted by atomic mass is 35.5. The second-order valence-electron chi connectivity index (χ2n) is 9.37. The first-order valence-corrected chi connectivity index (χ1v) is 11.6. The van der Waals surface area contributed by atoms with Crippen LogP contribution in [0, 0.1) is 29.6 Å². The van der Waals surface area contributed by atoms with Crippen LogP contribution in [-0.4, -0.2) is 39.0 Å². The molecule has 0 aromatic carbocycles. The van der Waals surface area contributed by atoms with Crippen molar-refractivity contribution in [1.82, 2.24) is 14.9 Å². The number of hydrogen-bond acceptors (Lipinski definition) is 7. The van der Waals surface area contributed by atoms with E-state index in [-0.39, 0.29) is 18.0 Å². The lowest BCUT2D eigenvalue weighted by Gasteiger charge is -2.34. The molecule has 2 aliphatic carbocycles. The smallest absolute Gasteiger partial charge is 0.255 e. The Kier molecular flexibility index (Phi) is 5.58. The number of alkyl halides is 2. The summed E-state index contributed by atoms with van der Waals surface area (Å²) in [6.45, 7) is 3.74. The van der Waals surface area contributed by atoms with Crippen molar-refractivity contribution in [2.75, 3.05) is 11.9 Å². The first-order valence-electron chi connectivity index (χ1n) is 11.2. The van der Waals surface area contributed by atoms with Crippen LogP contribution in [0.2, 0.25) is 5.15 Å². The summed E-state index contributed by atoms with van der Waals surface area (Å²) >= 11 is 6.34. The van der Waals surface area contributed by atoms with Crippen molar-refractivity contribution in [3.8, 4) is 18.0 Å². The van der Waals surface area contributed by atoms with Crippen molar-refractivity contribution in [1.29, 1.82) is 10.5 Å². The van der Waals surface area contributed by atoms with E-state index in [0.717, 1.165) is 41.8 Å². The number of nitrogens with zero attached hydrogens (tertiary/aromatic N) is 5. The topological polar surface area (TPSA) is 97.9 Å². The van der Waals surface area contributed by atoms with E-state index >= 15 is 0 Å². The van der Waals surface area contributed by atoms with E-state index in [1.165, 1.54) is 0 Å². The van der Waals surface area contributed by atoms with Crippen molar-refractivity contribution < 1.29 is 13.5 Å². The number of fused-ring (bicyclic) bond motifs is 1. The Balaban J connectivity index is 1.31. The minimum absolute atomic E-state index is 0.139. The molecule has 0 bridgehead atoms. The number of nitrogens with one attached hydrogen (secondary N) is 1. The molecular weight excluding hydrogens is 462 g/mol. The Morgan fingerprint density at radius 3 is 2.62 bits per heavy atom. The number of halogens is 3. The Labute approximate surface area is 201 Å². The molecule has 0 unspecified atom stereocenters. The van der Waals surface area contributed by atoms with Crippen molar-refractivity contribution in [2.24, 2.45) is 0 Å². The molecule has 2 aromatic heterocycles. The zero-order valence-corrected chi connectivity index (χ0v) is 19.4. The molecule has 34 heavy (non-hydrogen) atoms. The molecular formula is C24H23ClF2N6O. The predicted octanol–water partition coefficient (Wildman–Crippen LogP) is 4.51. The molecule has 7 nitrogen and oxygen atoms in total. The fraction of sp³-hybridized carbons (Fsp3) is 0.500. The van der Waals surface area contributed by atoms with Gasteiger partial charge in [0, 0.05) is 49.8 Å². The molecule has 0 saturated heterocycles. The summed E-state index contributed by atoms with van der Waals surface area (Å²) in [6.07, 6.45) is 1.16. The number of hydrogen-bond donors (Lipinski definition) is 1. The molecule has 10 heteroatoms. The predicted molar refractivity (Wildman–Crippen MR) is 121 cm³/mol.